The molecule has 0 unspecified atom stereocenters. The standard InChI is InChI=1S/C6H2Cl2FNO2/c7-3-1-2-4(8)6(5(3)9)10(11)12/h1-2H. The Morgan fingerprint density at radius 3 is 2.25 bits per heavy atom. The smallest absolute Gasteiger partial charge is 0.258 e. The molecule has 0 aliphatic heterocycles. The second-order valence-corrected chi connectivity index (χ2v) is 2.76. The fourth-order valence-corrected chi connectivity index (χ4v) is 1.05. The summed E-state index contributed by atoms with van der Waals surface area (Å²) in [6.45, 7) is 0. The molecule has 0 atom stereocenters. The maximum absolute atomic E-state index is 12.9. The quantitative estimate of drug-likeness (QED) is 0.406. The van der Waals surface area contributed by atoms with E-state index in [0.717, 1.165) is 6.07 Å². The summed E-state index contributed by atoms with van der Waals surface area (Å²) >= 11 is 10.6. The average molecular weight is 210 g/mol. The first-order chi connectivity index (χ1) is 5.54. The van der Waals surface area contributed by atoms with E-state index in [9.17, 15) is 14.5 Å². The first-order valence-electron chi connectivity index (χ1n) is 2.82. The predicted molar refractivity (Wildman–Crippen MR) is 43.1 cm³/mol. The van der Waals surface area contributed by atoms with Crippen LogP contribution in [0.2, 0.25) is 10.0 Å². The van der Waals surface area contributed by atoms with Gasteiger partial charge in [0.1, 0.15) is 5.02 Å². The van der Waals surface area contributed by atoms with Crippen LogP contribution in [0.25, 0.3) is 0 Å². The lowest BCUT2D eigenvalue weighted by Gasteiger charge is -1.97. The van der Waals surface area contributed by atoms with Gasteiger partial charge in [-0.2, -0.15) is 4.39 Å². The van der Waals surface area contributed by atoms with Crippen molar-refractivity contribution in [2.75, 3.05) is 0 Å². The molecule has 0 bridgehead atoms. The summed E-state index contributed by atoms with van der Waals surface area (Å²) in [5.41, 5.74) is -0.788. The summed E-state index contributed by atoms with van der Waals surface area (Å²) in [6, 6.07) is 2.33. The molecule has 1 aromatic carbocycles. The highest BCUT2D eigenvalue weighted by atomic mass is 35.5. The van der Waals surface area contributed by atoms with Crippen LogP contribution in [0.3, 0.4) is 0 Å². The fraction of sp³-hybridized carbons (Fsp3) is 0. The van der Waals surface area contributed by atoms with Crippen LogP contribution in [0.4, 0.5) is 10.1 Å². The van der Waals surface area contributed by atoms with Crippen molar-refractivity contribution >= 4 is 28.9 Å². The summed E-state index contributed by atoms with van der Waals surface area (Å²) in [5, 5.41) is 9.64. The van der Waals surface area contributed by atoms with Crippen LogP contribution in [-0.4, -0.2) is 4.92 Å². The molecular formula is C6H2Cl2FNO2. The number of hydrogen-bond acceptors (Lipinski definition) is 2. The van der Waals surface area contributed by atoms with Gasteiger partial charge in [-0.15, -0.1) is 0 Å². The molecule has 6 heteroatoms. The first-order valence-corrected chi connectivity index (χ1v) is 3.57. The zero-order chi connectivity index (χ0) is 9.30. The number of rotatable bonds is 1. The van der Waals surface area contributed by atoms with E-state index in [-0.39, 0.29) is 10.0 Å². The van der Waals surface area contributed by atoms with Crippen LogP contribution < -0.4 is 0 Å². The van der Waals surface area contributed by atoms with Crippen LogP contribution in [0.1, 0.15) is 0 Å². The van der Waals surface area contributed by atoms with Crippen molar-refractivity contribution in [3.63, 3.8) is 0 Å². The van der Waals surface area contributed by atoms with Gasteiger partial charge in [0.05, 0.1) is 9.95 Å². The van der Waals surface area contributed by atoms with E-state index in [2.05, 4.69) is 0 Å². The van der Waals surface area contributed by atoms with E-state index < -0.39 is 16.4 Å². The van der Waals surface area contributed by atoms with Gasteiger partial charge in [0.2, 0.25) is 5.82 Å². The summed E-state index contributed by atoms with van der Waals surface area (Å²) in [4.78, 5) is 9.30. The SMILES string of the molecule is O=[N+]([O-])c1c(Cl)ccc(Cl)c1F. The summed E-state index contributed by atoms with van der Waals surface area (Å²) < 4.78 is 12.9. The van der Waals surface area contributed by atoms with Crippen molar-refractivity contribution in [1.29, 1.82) is 0 Å². The molecule has 0 N–H and O–H groups in total. The van der Waals surface area contributed by atoms with Gasteiger partial charge in [-0.3, -0.25) is 10.1 Å². The van der Waals surface area contributed by atoms with Crippen LogP contribution >= 0.6 is 23.2 Å². The van der Waals surface area contributed by atoms with Crippen molar-refractivity contribution < 1.29 is 9.31 Å². The van der Waals surface area contributed by atoms with E-state index in [0.29, 0.717) is 0 Å². The van der Waals surface area contributed by atoms with Gasteiger partial charge in [-0.25, -0.2) is 0 Å². The Morgan fingerprint density at radius 2 is 1.83 bits per heavy atom. The number of halogens is 3. The lowest BCUT2D eigenvalue weighted by atomic mass is 10.3. The van der Waals surface area contributed by atoms with E-state index in [4.69, 9.17) is 23.2 Å². The van der Waals surface area contributed by atoms with Gasteiger partial charge in [-0.05, 0) is 12.1 Å². The summed E-state index contributed by atoms with van der Waals surface area (Å²) in [7, 11) is 0. The Morgan fingerprint density at radius 1 is 1.33 bits per heavy atom. The number of nitro benzene ring substituents is 1. The molecule has 0 spiro atoms. The molecule has 12 heavy (non-hydrogen) atoms. The van der Waals surface area contributed by atoms with Gasteiger partial charge in [0, 0.05) is 0 Å². The topological polar surface area (TPSA) is 43.1 Å². The molecule has 0 aromatic heterocycles. The van der Waals surface area contributed by atoms with Crippen molar-refractivity contribution in [1.82, 2.24) is 0 Å². The third kappa shape index (κ3) is 1.49. The van der Waals surface area contributed by atoms with Crippen LogP contribution in [0.15, 0.2) is 12.1 Å². The molecule has 0 aliphatic rings. The molecule has 0 aliphatic carbocycles. The Bertz CT molecular complexity index is 343. The lowest BCUT2D eigenvalue weighted by Crippen LogP contribution is -1.93. The molecule has 1 rings (SSSR count). The second-order valence-electron chi connectivity index (χ2n) is 1.95. The van der Waals surface area contributed by atoms with Crippen LogP contribution in [0, 0.1) is 15.9 Å². The highest BCUT2D eigenvalue weighted by Gasteiger charge is 2.21. The Hall–Kier alpha value is -0.870. The summed E-state index contributed by atoms with van der Waals surface area (Å²) in [5.74, 6) is -1.10. The molecular weight excluding hydrogens is 208 g/mol. The highest BCUT2D eigenvalue weighted by Crippen LogP contribution is 2.31. The van der Waals surface area contributed by atoms with Crippen molar-refractivity contribution in [2.24, 2.45) is 0 Å². The normalized spacial score (nSPS) is 9.92. The third-order valence-corrected chi connectivity index (χ3v) is 1.80. The second kappa shape index (κ2) is 3.25. The van der Waals surface area contributed by atoms with Crippen LogP contribution in [-0.2, 0) is 0 Å². The molecule has 1 aromatic rings. The van der Waals surface area contributed by atoms with E-state index in [1.807, 2.05) is 0 Å². The number of benzene rings is 1. The molecule has 0 saturated heterocycles. The van der Waals surface area contributed by atoms with E-state index >= 15 is 0 Å². The minimum absolute atomic E-state index is 0.262. The van der Waals surface area contributed by atoms with Crippen molar-refractivity contribution in [3.05, 3.63) is 38.1 Å². The minimum atomic E-state index is -1.10. The first kappa shape index (κ1) is 9.22. The molecule has 0 amide bonds. The largest absolute Gasteiger partial charge is 0.324 e. The molecule has 0 saturated carbocycles. The van der Waals surface area contributed by atoms with E-state index in [1.54, 1.807) is 0 Å². The van der Waals surface area contributed by atoms with Crippen molar-refractivity contribution in [3.8, 4) is 0 Å². The molecule has 0 heterocycles. The highest BCUT2D eigenvalue weighted by molar-refractivity contribution is 6.34. The number of nitro groups is 1. The molecule has 64 valence electrons. The lowest BCUT2D eigenvalue weighted by molar-refractivity contribution is -0.387. The minimum Gasteiger partial charge on any atom is -0.258 e. The van der Waals surface area contributed by atoms with Gasteiger partial charge < -0.3 is 0 Å². The maximum Gasteiger partial charge on any atom is 0.324 e. The zero-order valence-corrected chi connectivity index (χ0v) is 7.06. The van der Waals surface area contributed by atoms with E-state index in [1.165, 1.54) is 6.07 Å². The Labute approximate surface area is 76.9 Å². The fourth-order valence-electron chi connectivity index (χ4n) is 0.684. The van der Waals surface area contributed by atoms with Gasteiger partial charge in [0.25, 0.3) is 0 Å². The third-order valence-electron chi connectivity index (χ3n) is 1.20. The maximum atomic E-state index is 12.9. The molecule has 3 nitrogen and oxygen atoms in total. The van der Waals surface area contributed by atoms with Crippen molar-refractivity contribution in [2.45, 2.75) is 0 Å². The van der Waals surface area contributed by atoms with Crippen LogP contribution in [0.5, 0.6) is 0 Å². The number of nitrogens with zero attached hydrogens (tertiary/aromatic N) is 1. The number of hydrogen-bond donors (Lipinski definition) is 0. The zero-order valence-electron chi connectivity index (χ0n) is 5.55. The Balaban J connectivity index is 3.43. The van der Waals surface area contributed by atoms with Gasteiger partial charge >= 0.3 is 5.69 Å². The summed E-state index contributed by atoms with van der Waals surface area (Å²) in [6.07, 6.45) is 0. The Kier molecular flexibility index (Phi) is 2.49. The predicted octanol–water partition coefficient (Wildman–Crippen LogP) is 3.04. The van der Waals surface area contributed by atoms with Gasteiger partial charge in [0.15, 0.2) is 0 Å². The monoisotopic (exact) mass is 209 g/mol. The van der Waals surface area contributed by atoms with Gasteiger partial charge in [-0.1, -0.05) is 23.2 Å². The average Bonchev–Trinajstić information content (AvgIpc) is 1.97. The molecule has 0 radical (unpaired) electrons. The molecule has 0 fully saturated rings.